The third kappa shape index (κ3) is 6.10. The molecule has 0 unspecified atom stereocenters. The summed E-state index contributed by atoms with van der Waals surface area (Å²) in [5.41, 5.74) is 0. The van der Waals surface area contributed by atoms with Crippen molar-refractivity contribution in [3.8, 4) is 0 Å². The SMILES string of the molecule is COC(=O)C(=O)OCC=CCC(F)F. The number of hydrogen-bond acceptors (Lipinski definition) is 4. The van der Waals surface area contributed by atoms with Gasteiger partial charge < -0.3 is 9.47 Å². The molecule has 0 aliphatic rings. The first-order valence-electron chi connectivity index (χ1n) is 3.76. The molecule has 0 heterocycles. The van der Waals surface area contributed by atoms with Crippen molar-refractivity contribution < 1.29 is 27.8 Å². The van der Waals surface area contributed by atoms with E-state index in [-0.39, 0.29) is 6.61 Å². The van der Waals surface area contributed by atoms with Crippen molar-refractivity contribution >= 4 is 11.9 Å². The van der Waals surface area contributed by atoms with Crippen molar-refractivity contribution in [2.75, 3.05) is 13.7 Å². The maximum atomic E-state index is 11.6. The summed E-state index contributed by atoms with van der Waals surface area (Å²) >= 11 is 0. The number of ether oxygens (including phenoxy) is 2. The highest BCUT2D eigenvalue weighted by molar-refractivity contribution is 6.29. The zero-order valence-electron chi connectivity index (χ0n) is 7.54. The zero-order chi connectivity index (χ0) is 11.0. The predicted molar refractivity (Wildman–Crippen MR) is 42.7 cm³/mol. The molecule has 0 rings (SSSR count). The van der Waals surface area contributed by atoms with Gasteiger partial charge in [0, 0.05) is 6.42 Å². The number of esters is 2. The van der Waals surface area contributed by atoms with E-state index in [0.717, 1.165) is 13.2 Å². The van der Waals surface area contributed by atoms with Gasteiger partial charge in [0.1, 0.15) is 6.61 Å². The smallest absolute Gasteiger partial charge is 0.417 e. The molecule has 0 aromatic rings. The molecule has 6 heteroatoms. The molecule has 14 heavy (non-hydrogen) atoms. The number of rotatable bonds is 4. The van der Waals surface area contributed by atoms with Gasteiger partial charge in [-0.05, 0) is 0 Å². The number of carbonyl (C=O) groups is 2. The normalized spacial score (nSPS) is 10.6. The lowest BCUT2D eigenvalue weighted by Gasteiger charge is -1.98. The Labute approximate surface area is 79.5 Å². The van der Waals surface area contributed by atoms with E-state index in [4.69, 9.17) is 0 Å². The van der Waals surface area contributed by atoms with Crippen molar-refractivity contribution in [2.45, 2.75) is 12.8 Å². The molecule has 0 bridgehead atoms. The minimum Gasteiger partial charge on any atom is -0.461 e. The molecule has 0 saturated carbocycles. The topological polar surface area (TPSA) is 52.6 Å². The fraction of sp³-hybridized carbons (Fsp3) is 0.500. The fourth-order valence-electron chi connectivity index (χ4n) is 0.533. The van der Waals surface area contributed by atoms with Crippen LogP contribution in [0.5, 0.6) is 0 Å². The molecule has 0 N–H and O–H groups in total. The van der Waals surface area contributed by atoms with Crippen molar-refractivity contribution in [3.05, 3.63) is 12.2 Å². The van der Waals surface area contributed by atoms with Gasteiger partial charge in [-0.15, -0.1) is 0 Å². The number of allylic oxidation sites excluding steroid dienone is 1. The highest BCUT2D eigenvalue weighted by Crippen LogP contribution is 1.99. The Morgan fingerprint density at radius 1 is 1.29 bits per heavy atom. The number of alkyl halides is 2. The van der Waals surface area contributed by atoms with Gasteiger partial charge in [0.15, 0.2) is 0 Å². The van der Waals surface area contributed by atoms with Crippen LogP contribution < -0.4 is 0 Å². The van der Waals surface area contributed by atoms with Gasteiger partial charge in [0.25, 0.3) is 0 Å². The third-order valence-electron chi connectivity index (χ3n) is 1.14. The molecule has 0 saturated heterocycles. The molecule has 0 aromatic carbocycles. The first kappa shape index (κ1) is 12.5. The van der Waals surface area contributed by atoms with Gasteiger partial charge in [0.2, 0.25) is 6.43 Å². The van der Waals surface area contributed by atoms with Gasteiger partial charge in [-0.3, -0.25) is 0 Å². The van der Waals surface area contributed by atoms with Crippen molar-refractivity contribution in [1.82, 2.24) is 0 Å². The molecular weight excluding hydrogens is 198 g/mol. The molecule has 4 nitrogen and oxygen atoms in total. The van der Waals surface area contributed by atoms with Gasteiger partial charge in [0.05, 0.1) is 7.11 Å². The van der Waals surface area contributed by atoms with E-state index in [2.05, 4.69) is 9.47 Å². The van der Waals surface area contributed by atoms with E-state index in [1.165, 1.54) is 6.08 Å². The summed E-state index contributed by atoms with van der Waals surface area (Å²) < 4.78 is 31.5. The number of halogens is 2. The predicted octanol–water partition coefficient (Wildman–Crippen LogP) is 0.914. The van der Waals surface area contributed by atoms with E-state index < -0.39 is 24.8 Å². The molecule has 0 radical (unpaired) electrons. The lowest BCUT2D eigenvalue weighted by molar-refractivity contribution is -0.165. The fourth-order valence-corrected chi connectivity index (χ4v) is 0.533. The van der Waals surface area contributed by atoms with Gasteiger partial charge in [-0.2, -0.15) is 0 Å². The summed E-state index contributed by atoms with van der Waals surface area (Å²) in [6.45, 7) is -0.222. The van der Waals surface area contributed by atoms with Crippen LogP contribution in [0.4, 0.5) is 8.78 Å². The number of methoxy groups -OCH3 is 1. The average molecular weight is 208 g/mol. The van der Waals surface area contributed by atoms with Crippen molar-refractivity contribution in [1.29, 1.82) is 0 Å². The first-order chi connectivity index (χ1) is 6.57. The van der Waals surface area contributed by atoms with Crippen LogP contribution in [-0.4, -0.2) is 32.1 Å². The Bertz CT molecular complexity index is 225. The van der Waals surface area contributed by atoms with Crippen LogP contribution in [0.2, 0.25) is 0 Å². The van der Waals surface area contributed by atoms with Crippen LogP contribution in [0.3, 0.4) is 0 Å². The summed E-state index contributed by atoms with van der Waals surface area (Å²) in [5, 5.41) is 0. The summed E-state index contributed by atoms with van der Waals surface area (Å²) in [6.07, 6.45) is -0.444. The minimum atomic E-state index is -2.43. The quantitative estimate of drug-likeness (QED) is 0.391. The Hall–Kier alpha value is -1.46. The summed E-state index contributed by atoms with van der Waals surface area (Å²) in [7, 11) is 1.04. The van der Waals surface area contributed by atoms with E-state index in [0.29, 0.717) is 0 Å². The standard InChI is InChI=1S/C8H10F2O4/c1-13-7(11)8(12)14-5-3-2-4-6(9)10/h2-3,6H,4-5H2,1H3. The second-order valence-electron chi connectivity index (χ2n) is 2.19. The molecule has 0 spiro atoms. The molecule has 0 atom stereocenters. The van der Waals surface area contributed by atoms with Crippen molar-refractivity contribution in [3.63, 3.8) is 0 Å². The lowest BCUT2D eigenvalue weighted by Crippen LogP contribution is -2.18. The number of carbonyl (C=O) groups excluding carboxylic acids is 2. The number of hydrogen-bond donors (Lipinski definition) is 0. The highest BCUT2D eigenvalue weighted by atomic mass is 19.3. The minimum absolute atomic E-state index is 0.222. The summed E-state index contributed by atoms with van der Waals surface area (Å²) in [5.74, 6) is -2.26. The summed E-state index contributed by atoms with van der Waals surface area (Å²) in [6, 6.07) is 0. The van der Waals surface area contributed by atoms with Crippen molar-refractivity contribution in [2.24, 2.45) is 0 Å². The molecule has 0 aromatic heterocycles. The van der Waals surface area contributed by atoms with Gasteiger partial charge in [-0.25, -0.2) is 18.4 Å². The zero-order valence-corrected chi connectivity index (χ0v) is 7.54. The summed E-state index contributed by atoms with van der Waals surface area (Å²) in [4.78, 5) is 21.0. The lowest BCUT2D eigenvalue weighted by atomic mass is 10.4. The Balaban J connectivity index is 3.59. The Kier molecular flexibility index (Phi) is 6.26. The van der Waals surface area contributed by atoms with E-state index >= 15 is 0 Å². The molecular formula is C8H10F2O4. The van der Waals surface area contributed by atoms with Gasteiger partial charge in [-0.1, -0.05) is 12.2 Å². The second-order valence-corrected chi connectivity index (χ2v) is 2.19. The molecule has 80 valence electrons. The largest absolute Gasteiger partial charge is 0.461 e. The Morgan fingerprint density at radius 3 is 2.43 bits per heavy atom. The molecule has 0 aliphatic carbocycles. The molecule has 0 aliphatic heterocycles. The molecule has 0 amide bonds. The first-order valence-corrected chi connectivity index (χ1v) is 3.76. The highest BCUT2D eigenvalue weighted by Gasteiger charge is 2.13. The van der Waals surface area contributed by atoms with E-state index in [1.807, 2.05) is 0 Å². The maximum absolute atomic E-state index is 11.6. The third-order valence-corrected chi connectivity index (χ3v) is 1.14. The average Bonchev–Trinajstić information content (AvgIpc) is 2.15. The van der Waals surface area contributed by atoms with Gasteiger partial charge >= 0.3 is 11.9 Å². The van der Waals surface area contributed by atoms with E-state index in [9.17, 15) is 18.4 Å². The van der Waals surface area contributed by atoms with Crippen LogP contribution >= 0.6 is 0 Å². The molecule has 0 fully saturated rings. The van der Waals surface area contributed by atoms with E-state index in [1.54, 1.807) is 0 Å². The maximum Gasteiger partial charge on any atom is 0.417 e. The van der Waals surface area contributed by atoms with Crippen LogP contribution in [0.15, 0.2) is 12.2 Å². The Morgan fingerprint density at radius 2 is 1.93 bits per heavy atom. The van der Waals surface area contributed by atoms with Crippen LogP contribution in [0.1, 0.15) is 6.42 Å². The van der Waals surface area contributed by atoms with Crippen LogP contribution in [0.25, 0.3) is 0 Å². The van der Waals surface area contributed by atoms with Crippen LogP contribution in [0, 0.1) is 0 Å². The second kappa shape index (κ2) is 6.99. The van der Waals surface area contributed by atoms with Crippen LogP contribution in [-0.2, 0) is 19.1 Å². The monoisotopic (exact) mass is 208 g/mol.